The second kappa shape index (κ2) is 5.55. The van der Waals surface area contributed by atoms with Crippen molar-refractivity contribution in [3.05, 3.63) is 35.4 Å². The Morgan fingerprint density at radius 3 is 2.48 bits per heavy atom. The van der Waals surface area contributed by atoms with Gasteiger partial charge in [-0.15, -0.1) is 0 Å². The molecule has 2 heterocycles. The molecule has 0 aliphatic heterocycles. The number of aromatic nitrogens is 4. The van der Waals surface area contributed by atoms with Gasteiger partial charge in [0, 0.05) is 24.5 Å². The molecule has 108 valence electrons. The fourth-order valence-corrected chi connectivity index (χ4v) is 2.04. The Labute approximate surface area is 122 Å². The molecule has 0 atom stereocenters. The second-order valence-electron chi connectivity index (χ2n) is 5.07. The predicted octanol–water partition coefficient (Wildman–Crippen LogP) is 2.30. The van der Waals surface area contributed by atoms with Crippen molar-refractivity contribution in [2.45, 2.75) is 32.6 Å². The second-order valence-corrected chi connectivity index (χ2v) is 5.07. The lowest BCUT2D eigenvalue weighted by molar-refractivity contribution is 0.0524. The van der Waals surface area contributed by atoms with Crippen molar-refractivity contribution < 1.29 is 9.53 Å². The Morgan fingerprint density at radius 2 is 1.86 bits per heavy atom. The van der Waals surface area contributed by atoms with Crippen LogP contribution in [0.15, 0.2) is 18.6 Å². The highest BCUT2D eigenvalue weighted by Gasteiger charge is 2.31. The first-order valence-electron chi connectivity index (χ1n) is 7.02. The van der Waals surface area contributed by atoms with Gasteiger partial charge in [0.15, 0.2) is 11.6 Å². The van der Waals surface area contributed by atoms with Crippen molar-refractivity contribution >= 4 is 5.97 Å². The average Bonchev–Trinajstić information content (AvgIpc) is 3.32. The zero-order chi connectivity index (χ0) is 14.8. The van der Waals surface area contributed by atoms with E-state index in [0.29, 0.717) is 29.7 Å². The van der Waals surface area contributed by atoms with Gasteiger partial charge in [0.05, 0.1) is 17.9 Å². The topological polar surface area (TPSA) is 77.9 Å². The highest BCUT2D eigenvalue weighted by molar-refractivity contribution is 5.90. The SMILES string of the molecule is CCOC(=O)c1cnc(-c2ncc(C)cn2)nc1C1CC1. The summed E-state index contributed by atoms with van der Waals surface area (Å²) in [4.78, 5) is 29.1. The number of ether oxygens (including phenoxy) is 1. The van der Waals surface area contributed by atoms with Gasteiger partial charge in [0.2, 0.25) is 0 Å². The van der Waals surface area contributed by atoms with E-state index in [1.165, 1.54) is 6.20 Å². The summed E-state index contributed by atoms with van der Waals surface area (Å²) in [5.74, 6) is 0.871. The molecule has 0 bridgehead atoms. The van der Waals surface area contributed by atoms with Crippen molar-refractivity contribution in [1.29, 1.82) is 0 Å². The lowest BCUT2D eigenvalue weighted by Gasteiger charge is -2.08. The molecule has 0 saturated heterocycles. The lowest BCUT2D eigenvalue weighted by Crippen LogP contribution is -2.11. The predicted molar refractivity (Wildman–Crippen MR) is 75.7 cm³/mol. The molecule has 3 rings (SSSR count). The summed E-state index contributed by atoms with van der Waals surface area (Å²) in [6.07, 6.45) is 7.05. The summed E-state index contributed by atoms with van der Waals surface area (Å²) >= 11 is 0. The summed E-state index contributed by atoms with van der Waals surface area (Å²) in [6.45, 7) is 4.04. The van der Waals surface area contributed by atoms with Crippen molar-refractivity contribution in [2.24, 2.45) is 0 Å². The maximum atomic E-state index is 12.0. The third-order valence-corrected chi connectivity index (χ3v) is 3.26. The van der Waals surface area contributed by atoms with E-state index < -0.39 is 0 Å². The molecule has 6 nitrogen and oxygen atoms in total. The summed E-state index contributed by atoms with van der Waals surface area (Å²) in [5, 5.41) is 0. The summed E-state index contributed by atoms with van der Waals surface area (Å²) in [5.41, 5.74) is 2.18. The van der Waals surface area contributed by atoms with Gasteiger partial charge in [-0.2, -0.15) is 0 Å². The van der Waals surface area contributed by atoms with Crippen molar-refractivity contribution in [2.75, 3.05) is 6.61 Å². The van der Waals surface area contributed by atoms with Crippen LogP contribution in [-0.4, -0.2) is 32.5 Å². The van der Waals surface area contributed by atoms with Crippen LogP contribution < -0.4 is 0 Å². The van der Waals surface area contributed by atoms with Gasteiger partial charge in [-0.25, -0.2) is 24.7 Å². The highest BCUT2D eigenvalue weighted by Crippen LogP contribution is 2.41. The zero-order valence-corrected chi connectivity index (χ0v) is 12.0. The number of aryl methyl sites for hydroxylation is 1. The monoisotopic (exact) mass is 284 g/mol. The van der Waals surface area contributed by atoms with Gasteiger partial charge < -0.3 is 4.74 Å². The van der Waals surface area contributed by atoms with E-state index in [-0.39, 0.29) is 5.97 Å². The van der Waals surface area contributed by atoms with Crippen LogP contribution in [0.1, 0.15) is 47.3 Å². The molecule has 1 fully saturated rings. The molecule has 1 saturated carbocycles. The molecule has 0 N–H and O–H groups in total. The van der Waals surface area contributed by atoms with E-state index >= 15 is 0 Å². The maximum Gasteiger partial charge on any atom is 0.341 e. The minimum atomic E-state index is -0.365. The smallest absolute Gasteiger partial charge is 0.341 e. The first-order valence-corrected chi connectivity index (χ1v) is 7.02. The Kier molecular flexibility index (Phi) is 3.60. The first-order chi connectivity index (χ1) is 10.2. The number of esters is 1. The van der Waals surface area contributed by atoms with Crippen LogP contribution in [0.4, 0.5) is 0 Å². The molecular formula is C15H16N4O2. The van der Waals surface area contributed by atoms with E-state index in [0.717, 1.165) is 24.1 Å². The molecule has 21 heavy (non-hydrogen) atoms. The average molecular weight is 284 g/mol. The Hall–Kier alpha value is -2.37. The van der Waals surface area contributed by atoms with E-state index in [9.17, 15) is 4.79 Å². The number of rotatable bonds is 4. The molecule has 1 aliphatic carbocycles. The van der Waals surface area contributed by atoms with Crippen molar-refractivity contribution in [3.63, 3.8) is 0 Å². The molecule has 2 aromatic rings. The van der Waals surface area contributed by atoms with Gasteiger partial charge in [0.1, 0.15) is 0 Å². The zero-order valence-electron chi connectivity index (χ0n) is 12.0. The molecule has 1 aliphatic rings. The van der Waals surface area contributed by atoms with Crippen LogP contribution >= 0.6 is 0 Å². The van der Waals surface area contributed by atoms with Crippen molar-refractivity contribution in [3.8, 4) is 11.6 Å². The van der Waals surface area contributed by atoms with Crippen LogP contribution in [0.25, 0.3) is 11.6 Å². The van der Waals surface area contributed by atoms with Gasteiger partial charge in [-0.3, -0.25) is 0 Å². The molecular weight excluding hydrogens is 268 g/mol. The fourth-order valence-electron chi connectivity index (χ4n) is 2.04. The Bertz CT molecular complexity index is 666. The summed E-state index contributed by atoms with van der Waals surface area (Å²) < 4.78 is 5.06. The fraction of sp³-hybridized carbons (Fsp3) is 0.400. The largest absolute Gasteiger partial charge is 0.462 e. The summed E-state index contributed by atoms with van der Waals surface area (Å²) in [7, 11) is 0. The maximum absolute atomic E-state index is 12.0. The van der Waals surface area contributed by atoms with E-state index in [4.69, 9.17) is 4.74 Å². The van der Waals surface area contributed by atoms with Crippen LogP contribution in [-0.2, 0) is 4.74 Å². The van der Waals surface area contributed by atoms with Crippen LogP contribution in [0, 0.1) is 6.92 Å². The molecule has 0 unspecified atom stereocenters. The molecule has 6 heteroatoms. The normalized spacial score (nSPS) is 14.0. The number of carbonyl (C=O) groups excluding carboxylic acids is 1. The molecule has 2 aromatic heterocycles. The standard InChI is InChI=1S/C15H16N4O2/c1-3-21-15(20)11-8-18-14(19-12(11)10-4-5-10)13-16-6-9(2)7-17-13/h6-8,10H,3-5H2,1-2H3. The highest BCUT2D eigenvalue weighted by atomic mass is 16.5. The molecule has 0 spiro atoms. The quantitative estimate of drug-likeness (QED) is 0.802. The first kappa shape index (κ1) is 13.6. The number of hydrogen-bond acceptors (Lipinski definition) is 6. The third kappa shape index (κ3) is 2.89. The third-order valence-electron chi connectivity index (χ3n) is 3.26. The number of carbonyl (C=O) groups is 1. The van der Waals surface area contributed by atoms with Gasteiger partial charge in [-0.1, -0.05) is 0 Å². The minimum Gasteiger partial charge on any atom is -0.462 e. The van der Waals surface area contributed by atoms with Crippen LogP contribution in [0.5, 0.6) is 0 Å². The van der Waals surface area contributed by atoms with Crippen molar-refractivity contribution in [1.82, 2.24) is 19.9 Å². The molecule has 0 amide bonds. The van der Waals surface area contributed by atoms with Gasteiger partial charge >= 0.3 is 5.97 Å². The van der Waals surface area contributed by atoms with E-state index in [2.05, 4.69) is 19.9 Å². The molecule has 0 aromatic carbocycles. The number of nitrogens with zero attached hydrogens (tertiary/aromatic N) is 4. The van der Waals surface area contributed by atoms with Gasteiger partial charge in [0.25, 0.3) is 0 Å². The van der Waals surface area contributed by atoms with Crippen LogP contribution in [0.3, 0.4) is 0 Å². The van der Waals surface area contributed by atoms with E-state index in [1.807, 2.05) is 6.92 Å². The summed E-state index contributed by atoms with van der Waals surface area (Å²) in [6, 6.07) is 0. The lowest BCUT2D eigenvalue weighted by atomic mass is 10.1. The minimum absolute atomic E-state index is 0.316. The van der Waals surface area contributed by atoms with E-state index in [1.54, 1.807) is 19.3 Å². The van der Waals surface area contributed by atoms with Crippen LogP contribution in [0.2, 0.25) is 0 Å². The molecule has 0 radical (unpaired) electrons. The Morgan fingerprint density at radius 1 is 1.19 bits per heavy atom. The number of hydrogen-bond donors (Lipinski definition) is 0. The Balaban J connectivity index is 1.99. The van der Waals surface area contributed by atoms with Gasteiger partial charge in [-0.05, 0) is 32.3 Å².